The topological polar surface area (TPSA) is 87.5 Å². The Kier molecular flexibility index (Phi) is 2.51. The third kappa shape index (κ3) is 1.44. The quantitative estimate of drug-likeness (QED) is 0.686. The van der Waals surface area contributed by atoms with Crippen LogP contribution in [-0.4, -0.2) is 27.1 Å². The van der Waals surface area contributed by atoms with Gasteiger partial charge in [-0.1, -0.05) is 6.07 Å². The highest BCUT2D eigenvalue weighted by atomic mass is 16.4. The van der Waals surface area contributed by atoms with Gasteiger partial charge in [-0.05, 0) is 18.6 Å². The summed E-state index contributed by atoms with van der Waals surface area (Å²) in [5, 5.41) is 17.7. The molecule has 0 amide bonds. The Hall–Kier alpha value is -1.91. The van der Waals surface area contributed by atoms with E-state index < -0.39 is 17.4 Å². The highest BCUT2D eigenvalue weighted by Gasteiger charge is 2.43. The number of rotatable bonds is 3. The SMILES string of the molecule is CC(C(=O)O)(C(=O)O)c1cccnc1. The van der Waals surface area contributed by atoms with E-state index in [1.54, 1.807) is 0 Å². The Morgan fingerprint density at radius 2 is 1.93 bits per heavy atom. The summed E-state index contributed by atoms with van der Waals surface area (Å²) in [7, 11) is 0. The number of aromatic nitrogens is 1. The van der Waals surface area contributed by atoms with E-state index in [0.717, 1.165) is 6.92 Å². The largest absolute Gasteiger partial charge is 0.480 e. The highest BCUT2D eigenvalue weighted by Crippen LogP contribution is 2.23. The molecule has 0 aliphatic heterocycles. The third-order valence-electron chi connectivity index (χ3n) is 2.09. The van der Waals surface area contributed by atoms with Gasteiger partial charge >= 0.3 is 11.9 Å². The Morgan fingerprint density at radius 3 is 2.29 bits per heavy atom. The van der Waals surface area contributed by atoms with Crippen molar-refractivity contribution in [2.45, 2.75) is 12.3 Å². The second-order valence-corrected chi connectivity index (χ2v) is 2.98. The summed E-state index contributed by atoms with van der Waals surface area (Å²) in [6.45, 7) is 1.13. The lowest BCUT2D eigenvalue weighted by atomic mass is 9.84. The molecular weight excluding hydrogens is 186 g/mol. The normalized spacial score (nSPS) is 10.9. The number of nitrogens with zero attached hydrogens (tertiary/aromatic N) is 1. The van der Waals surface area contributed by atoms with Crippen LogP contribution in [0.25, 0.3) is 0 Å². The van der Waals surface area contributed by atoms with Crippen LogP contribution in [0.4, 0.5) is 0 Å². The molecule has 0 saturated heterocycles. The van der Waals surface area contributed by atoms with Gasteiger partial charge in [0.05, 0.1) is 0 Å². The molecule has 14 heavy (non-hydrogen) atoms. The van der Waals surface area contributed by atoms with Crippen LogP contribution in [0.2, 0.25) is 0 Å². The number of hydrogen-bond acceptors (Lipinski definition) is 3. The summed E-state index contributed by atoms with van der Waals surface area (Å²) in [6, 6.07) is 2.93. The lowest BCUT2D eigenvalue weighted by Gasteiger charge is -2.19. The van der Waals surface area contributed by atoms with Gasteiger partial charge in [0.25, 0.3) is 0 Å². The standard InChI is InChI=1S/C9H9NO4/c1-9(7(11)12,8(13)14)6-3-2-4-10-5-6/h2-5H,1H3,(H,11,12)(H,13,14). The van der Waals surface area contributed by atoms with Crippen molar-refractivity contribution in [2.75, 3.05) is 0 Å². The second-order valence-electron chi connectivity index (χ2n) is 2.98. The Morgan fingerprint density at radius 1 is 1.36 bits per heavy atom. The molecule has 2 N–H and O–H groups in total. The monoisotopic (exact) mass is 195 g/mol. The van der Waals surface area contributed by atoms with Crippen molar-refractivity contribution in [3.63, 3.8) is 0 Å². The molecule has 0 aliphatic rings. The smallest absolute Gasteiger partial charge is 0.325 e. The molecule has 1 rings (SSSR count). The molecule has 1 aromatic rings. The lowest BCUT2D eigenvalue weighted by molar-refractivity contribution is -0.156. The molecule has 5 heteroatoms. The van der Waals surface area contributed by atoms with E-state index in [2.05, 4.69) is 4.98 Å². The Bertz CT molecular complexity index is 346. The van der Waals surface area contributed by atoms with Crippen LogP contribution >= 0.6 is 0 Å². The predicted octanol–water partition coefficient (Wildman–Crippen LogP) is 0.508. The Labute approximate surface area is 80.0 Å². The molecule has 0 spiro atoms. The predicted molar refractivity (Wildman–Crippen MR) is 46.9 cm³/mol. The van der Waals surface area contributed by atoms with Crippen LogP contribution in [0.1, 0.15) is 12.5 Å². The van der Waals surface area contributed by atoms with E-state index in [9.17, 15) is 9.59 Å². The van der Waals surface area contributed by atoms with Crippen LogP contribution in [-0.2, 0) is 15.0 Å². The van der Waals surface area contributed by atoms with Gasteiger partial charge in [-0.25, -0.2) is 0 Å². The number of hydrogen-bond donors (Lipinski definition) is 2. The summed E-state index contributed by atoms with van der Waals surface area (Å²) < 4.78 is 0. The number of carbonyl (C=O) groups is 2. The molecule has 0 aliphatic carbocycles. The first-order chi connectivity index (χ1) is 6.49. The van der Waals surface area contributed by atoms with Gasteiger partial charge in [-0.3, -0.25) is 14.6 Å². The summed E-state index contributed by atoms with van der Waals surface area (Å²) in [4.78, 5) is 25.4. The minimum Gasteiger partial charge on any atom is -0.480 e. The maximum Gasteiger partial charge on any atom is 0.325 e. The molecule has 74 valence electrons. The molecule has 0 fully saturated rings. The maximum absolute atomic E-state index is 10.9. The van der Waals surface area contributed by atoms with Crippen LogP contribution in [0, 0.1) is 0 Å². The summed E-state index contributed by atoms with van der Waals surface area (Å²) in [5.41, 5.74) is -1.78. The van der Waals surface area contributed by atoms with Gasteiger partial charge < -0.3 is 10.2 Å². The fourth-order valence-corrected chi connectivity index (χ4v) is 0.997. The highest BCUT2D eigenvalue weighted by molar-refractivity contribution is 6.04. The number of carboxylic acids is 2. The van der Waals surface area contributed by atoms with Gasteiger partial charge in [0.15, 0.2) is 5.41 Å². The van der Waals surface area contributed by atoms with E-state index in [-0.39, 0.29) is 5.56 Å². The van der Waals surface area contributed by atoms with Crippen molar-refractivity contribution in [2.24, 2.45) is 0 Å². The molecule has 0 radical (unpaired) electrons. The Balaban J connectivity index is 3.27. The van der Waals surface area contributed by atoms with Crippen LogP contribution in [0.15, 0.2) is 24.5 Å². The molecule has 5 nitrogen and oxygen atoms in total. The van der Waals surface area contributed by atoms with Crippen LogP contribution < -0.4 is 0 Å². The van der Waals surface area contributed by atoms with E-state index in [0.29, 0.717) is 0 Å². The number of carboxylic acid groups (broad SMARTS) is 2. The average molecular weight is 195 g/mol. The third-order valence-corrected chi connectivity index (χ3v) is 2.09. The minimum atomic E-state index is -1.94. The summed E-state index contributed by atoms with van der Waals surface area (Å²) in [6.07, 6.45) is 2.69. The van der Waals surface area contributed by atoms with Gasteiger partial charge in [-0.15, -0.1) is 0 Å². The molecule has 0 bridgehead atoms. The average Bonchev–Trinajstić information content (AvgIpc) is 2.17. The first-order valence-corrected chi connectivity index (χ1v) is 3.87. The van der Waals surface area contributed by atoms with Gasteiger partial charge in [-0.2, -0.15) is 0 Å². The minimum absolute atomic E-state index is 0.153. The van der Waals surface area contributed by atoms with E-state index in [1.807, 2.05) is 0 Å². The summed E-state index contributed by atoms with van der Waals surface area (Å²) >= 11 is 0. The molecule has 0 unspecified atom stereocenters. The molecule has 0 atom stereocenters. The van der Waals surface area contributed by atoms with Crippen molar-refractivity contribution >= 4 is 11.9 Å². The number of pyridine rings is 1. The zero-order chi connectivity index (χ0) is 10.8. The first-order valence-electron chi connectivity index (χ1n) is 3.87. The van der Waals surface area contributed by atoms with E-state index in [1.165, 1.54) is 24.5 Å². The maximum atomic E-state index is 10.9. The zero-order valence-corrected chi connectivity index (χ0v) is 7.47. The van der Waals surface area contributed by atoms with Crippen molar-refractivity contribution in [1.82, 2.24) is 4.98 Å². The van der Waals surface area contributed by atoms with Gasteiger partial charge in [0, 0.05) is 12.4 Å². The molecule has 1 aromatic heterocycles. The summed E-state index contributed by atoms with van der Waals surface area (Å²) in [5.74, 6) is -2.81. The fourth-order valence-electron chi connectivity index (χ4n) is 0.997. The number of aliphatic carboxylic acids is 2. The second kappa shape index (κ2) is 3.45. The van der Waals surface area contributed by atoms with Gasteiger partial charge in [0.1, 0.15) is 0 Å². The molecule has 0 aromatic carbocycles. The fraction of sp³-hybridized carbons (Fsp3) is 0.222. The van der Waals surface area contributed by atoms with Crippen molar-refractivity contribution in [3.05, 3.63) is 30.1 Å². The molecule has 0 saturated carbocycles. The lowest BCUT2D eigenvalue weighted by Crippen LogP contribution is -2.40. The van der Waals surface area contributed by atoms with Crippen LogP contribution in [0.5, 0.6) is 0 Å². The van der Waals surface area contributed by atoms with Crippen molar-refractivity contribution in [3.8, 4) is 0 Å². The van der Waals surface area contributed by atoms with Crippen molar-refractivity contribution < 1.29 is 19.8 Å². The molecule has 1 heterocycles. The first kappa shape index (κ1) is 10.2. The van der Waals surface area contributed by atoms with Crippen LogP contribution in [0.3, 0.4) is 0 Å². The van der Waals surface area contributed by atoms with Gasteiger partial charge in [0.2, 0.25) is 0 Å². The van der Waals surface area contributed by atoms with E-state index in [4.69, 9.17) is 10.2 Å². The van der Waals surface area contributed by atoms with Crippen molar-refractivity contribution in [1.29, 1.82) is 0 Å². The van der Waals surface area contributed by atoms with E-state index >= 15 is 0 Å². The molecular formula is C9H9NO4. The zero-order valence-electron chi connectivity index (χ0n) is 7.47.